The first-order valence-electron chi connectivity index (χ1n) is 6.43. The molecule has 0 bridgehead atoms. The molecule has 0 amide bonds. The van der Waals surface area contributed by atoms with Crippen molar-refractivity contribution in [2.45, 2.75) is 38.3 Å². The molecule has 4 heteroatoms. The molecule has 18 heavy (non-hydrogen) atoms. The third-order valence-corrected chi connectivity index (χ3v) is 3.52. The monoisotopic (exact) mass is 255 g/mol. The number of rotatable bonds is 6. The lowest BCUT2D eigenvalue weighted by atomic mass is 10.0. The maximum Gasteiger partial charge on any atom is 0.130 e. The third kappa shape index (κ3) is 3.27. The third-order valence-electron chi connectivity index (χ3n) is 3.52. The molecule has 2 rings (SSSR count). The first-order chi connectivity index (χ1) is 8.61. The van der Waals surface area contributed by atoms with E-state index >= 15 is 0 Å². The van der Waals surface area contributed by atoms with E-state index in [1.54, 1.807) is 0 Å². The lowest BCUT2D eigenvalue weighted by Gasteiger charge is -2.23. The Labute approximate surface area is 106 Å². The van der Waals surface area contributed by atoms with Crippen LogP contribution in [0.25, 0.3) is 0 Å². The lowest BCUT2D eigenvalue weighted by molar-refractivity contribution is 0.249. The van der Waals surface area contributed by atoms with Crippen molar-refractivity contribution in [1.82, 2.24) is 5.32 Å². The summed E-state index contributed by atoms with van der Waals surface area (Å²) in [5, 5.41) is 12.4. The van der Waals surface area contributed by atoms with Gasteiger partial charge >= 0.3 is 0 Å². The highest BCUT2D eigenvalue weighted by atomic mass is 19.1. The molecule has 2 unspecified atom stereocenters. The van der Waals surface area contributed by atoms with Gasteiger partial charge in [-0.15, -0.1) is 0 Å². The molecule has 0 saturated heterocycles. The van der Waals surface area contributed by atoms with Crippen LogP contribution < -0.4 is 5.32 Å². The van der Waals surface area contributed by atoms with Crippen molar-refractivity contribution in [3.63, 3.8) is 0 Å². The average Bonchev–Trinajstić information content (AvgIpc) is 3.11. The van der Waals surface area contributed by atoms with Gasteiger partial charge in [0, 0.05) is 30.3 Å². The molecule has 2 atom stereocenters. The fraction of sp³-hybridized carbons (Fsp3) is 0.571. The highest BCUT2D eigenvalue weighted by Crippen LogP contribution is 2.35. The van der Waals surface area contributed by atoms with Crippen LogP contribution in [-0.4, -0.2) is 17.8 Å². The number of aliphatic hydroxyl groups is 1. The van der Waals surface area contributed by atoms with Crippen molar-refractivity contribution in [2.24, 2.45) is 5.92 Å². The molecule has 1 aliphatic rings. The van der Waals surface area contributed by atoms with Crippen LogP contribution in [0.2, 0.25) is 0 Å². The molecule has 0 aliphatic heterocycles. The quantitative estimate of drug-likeness (QED) is 0.819. The molecule has 1 saturated carbocycles. The maximum absolute atomic E-state index is 13.6. The fourth-order valence-electron chi connectivity index (χ4n) is 2.36. The Balaban J connectivity index is 2.03. The van der Waals surface area contributed by atoms with E-state index in [9.17, 15) is 8.78 Å². The lowest BCUT2D eigenvalue weighted by Crippen LogP contribution is -2.34. The molecule has 2 N–H and O–H groups in total. The van der Waals surface area contributed by atoms with Crippen LogP contribution in [0.15, 0.2) is 18.2 Å². The molecule has 0 spiro atoms. The standard InChI is InChI=1S/C14H19F2NO/c1-9(12-5-4-11(15)8-13(12)16)17-14(6-7-18)10-2-3-10/h4-5,8-10,14,17-18H,2-3,6-7H2,1H3. The molecular formula is C14H19F2NO. The van der Waals surface area contributed by atoms with Gasteiger partial charge < -0.3 is 10.4 Å². The topological polar surface area (TPSA) is 32.3 Å². The van der Waals surface area contributed by atoms with E-state index in [2.05, 4.69) is 5.32 Å². The fourth-order valence-corrected chi connectivity index (χ4v) is 2.36. The summed E-state index contributed by atoms with van der Waals surface area (Å²) in [6.07, 6.45) is 3.00. The number of benzene rings is 1. The Kier molecular flexibility index (Phi) is 4.30. The van der Waals surface area contributed by atoms with Gasteiger partial charge in [0.2, 0.25) is 0 Å². The number of nitrogens with one attached hydrogen (secondary N) is 1. The van der Waals surface area contributed by atoms with E-state index in [4.69, 9.17) is 5.11 Å². The first-order valence-corrected chi connectivity index (χ1v) is 6.43. The molecule has 2 nitrogen and oxygen atoms in total. The van der Waals surface area contributed by atoms with Gasteiger partial charge in [0.05, 0.1) is 0 Å². The number of aliphatic hydroxyl groups excluding tert-OH is 1. The highest BCUT2D eigenvalue weighted by molar-refractivity contribution is 5.21. The van der Waals surface area contributed by atoms with Crippen LogP contribution >= 0.6 is 0 Å². The van der Waals surface area contributed by atoms with Gasteiger partial charge in [-0.05, 0) is 38.2 Å². The first kappa shape index (κ1) is 13.4. The number of halogens is 2. The van der Waals surface area contributed by atoms with E-state index in [0.717, 1.165) is 18.9 Å². The van der Waals surface area contributed by atoms with Gasteiger partial charge in [0.15, 0.2) is 0 Å². The van der Waals surface area contributed by atoms with E-state index < -0.39 is 11.6 Å². The van der Waals surface area contributed by atoms with Crippen LogP contribution in [0.1, 0.15) is 37.8 Å². The van der Waals surface area contributed by atoms with E-state index in [1.807, 2.05) is 6.92 Å². The van der Waals surface area contributed by atoms with E-state index in [0.29, 0.717) is 17.9 Å². The normalized spacial score (nSPS) is 18.7. The molecule has 0 heterocycles. The van der Waals surface area contributed by atoms with Crippen LogP contribution in [0, 0.1) is 17.6 Å². The summed E-state index contributed by atoms with van der Waals surface area (Å²) in [4.78, 5) is 0. The highest BCUT2D eigenvalue weighted by Gasteiger charge is 2.31. The Morgan fingerprint density at radius 1 is 1.39 bits per heavy atom. The molecular weight excluding hydrogens is 236 g/mol. The summed E-state index contributed by atoms with van der Waals surface area (Å²) in [6, 6.07) is 3.70. The zero-order valence-corrected chi connectivity index (χ0v) is 10.5. The van der Waals surface area contributed by atoms with Gasteiger partial charge in [-0.3, -0.25) is 0 Å². The summed E-state index contributed by atoms with van der Waals surface area (Å²) in [6.45, 7) is 2.00. The second-order valence-electron chi connectivity index (χ2n) is 5.01. The molecule has 1 fully saturated rings. The zero-order chi connectivity index (χ0) is 13.1. The molecule has 1 aliphatic carbocycles. The van der Waals surface area contributed by atoms with Crippen molar-refractivity contribution < 1.29 is 13.9 Å². The van der Waals surface area contributed by atoms with Gasteiger partial charge in [-0.25, -0.2) is 8.78 Å². The summed E-state index contributed by atoms with van der Waals surface area (Å²) >= 11 is 0. The largest absolute Gasteiger partial charge is 0.396 e. The van der Waals surface area contributed by atoms with Crippen LogP contribution in [0.5, 0.6) is 0 Å². The molecule has 1 aromatic carbocycles. The number of hydrogen-bond donors (Lipinski definition) is 2. The van der Waals surface area contributed by atoms with E-state index in [1.165, 1.54) is 12.1 Å². The van der Waals surface area contributed by atoms with Crippen molar-refractivity contribution in [1.29, 1.82) is 0 Å². The predicted octanol–water partition coefficient (Wildman–Crippen LogP) is 2.78. The Morgan fingerprint density at radius 3 is 2.67 bits per heavy atom. The Bertz CT molecular complexity index is 407. The smallest absolute Gasteiger partial charge is 0.130 e. The summed E-state index contributed by atoms with van der Waals surface area (Å²) in [5.74, 6) is -0.491. The average molecular weight is 255 g/mol. The second kappa shape index (κ2) is 5.76. The minimum Gasteiger partial charge on any atom is -0.396 e. The van der Waals surface area contributed by atoms with E-state index in [-0.39, 0.29) is 18.7 Å². The molecule has 100 valence electrons. The van der Waals surface area contributed by atoms with Crippen molar-refractivity contribution in [3.05, 3.63) is 35.4 Å². The number of hydrogen-bond acceptors (Lipinski definition) is 2. The van der Waals surface area contributed by atoms with Gasteiger partial charge in [0.1, 0.15) is 11.6 Å². The molecule has 0 aromatic heterocycles. The van der Waals surface area contributed by atoms with Crippen LogP contribution in [0.3, 0.4) is 0 Å². The molecule has 0 radical (unpaired) electrons. The van der Waals surface area contributed by atoms with Crippen molar-refractivity contribution >= 4 is 0 Å². The van der Waals surface area contributed by atoms with Crippen LogP contribution in [0.4, 0.5) is 8.78 Å². The van der Waals surface area contributed by atoms with Crippen LogP contribution in [-0.2, 0) is 0 Å². The minimum absolute atomic E-state index is 0.132. The van der Waals surface area contributed by atoms with Gasteiger partial charge in [0.25, 0.3) is 0 Å². The Hall–Kier alpha value is -1.00. The second-order valence-corrected chi connectivity index (χ2v) is 5.01. The van der Waals surface area contributed by atoms with Gasteiger partial charge in [-0.1, -0.05) is 6.07 Å². The maximum atomic E-state index is 13.6. The van der Waals surface area contributed by atoms with Gasteiger partial charge in [-0.2, -0.15) is 0 Å². The molecule has 1 aromatic rings. The van der Waals surface area contributed by atoms with Crippen molar-refractivity contribution in [3.8, 4) is 0 Å². The minimum atomic E-state index is -0.558. The summed E-state index contributed by atoms with van der Waals surface area (Å²) < 4.78 is 26.5. The predicted molar refractivity (Wildman–Crippen MR) is 66.1 cm³/mol. The zero-order valence-electron chi connectivity index (χ0n) is 10.5. The van der Waals surface area contributed by atoms with Crippen molar-refractivity contribution in [2.75, 3.05) is 6.61 Å². The SMILES string of the molecule is CC(NC(CCO)C1CC1)c1ccc(F)cc1F. The Morgan fingerprint density at radius 2 is 2.11 bits per heavy atom. The summed E-state index contributed by atoms with van der Waals surface area (Å²) in [7, 11) is 0. The summed E-state index contributed by atoms with van der Waals surface area (Å²) in [5.41, 5.74) is 0.472.